The molecule has 1 aromatic rings. The Morgan fingerprint density at radius 1 is 1.20 bits per heavy atom. The number of anilines is 1. The summed E-state index contributed by atoms with van der Waals surface area (Å²) in [5.41, 5.74) is 7.07. The molecule has 0 radical (unpaired) electrons. The molecule has 2 heterocycles. The van der Waals surface area contributed by atoms with Gasteiger partial charge in [0.05, 0.1) is 24.8 Å². The van der Waals surface area contributed by atoms with E-state index in [2.05, 4.69) is 20.4 Å². The van der Waals surface area contributed by atoms with Crippen molar-refractivity contribution in [3.8, 4) is 0 Å². The van der Waals surface area contributed by atoms with E-state index in [0.717, 1.165) is 42.8 Å². The van der Waals surface area contributed by atoms with Gasteiger partial charge in [-0.2, -0.15) is 0 Å². The molecule has 10 heteroatoms. The molecule has 0 unspecified atom stereocenters. The summed E-state index contributed by atoms with van der Waals surface area (Å²) in [6, 6.07) is -0.333. The highest BCUT2D eigenvalue weighted by Crippen LogP contribution is 2.38. The minimum Gasteiger partial charge on any atom is -0.383 e. The lowest BCUT2D eigenvalue weighted by molar-refractivity contribution is -0.124. The molecule has 0 spiro atoms. The van der Waals surface area contributed by atoms with E-state index in [1.165, 1.54) is 11.3 Å². The van der Waals surface area contributed by atoms with E-state index in [4.69, 9.17) is 10.5 Å². The first kappa shape index (κ1) is 22.7. The molecule has 4 N–H and O–H groups in total. The predicted octanol–water partition coefficient (Wildman–Crippen LogP) is 0.0429. The number of primary amides is 1. The highest BCUT2D eigenvalue weighted by molar-refractivity contribution is 7.17. The third-order valence-corrected chi connectivity index (χ3v) is 6.94. The molecule has 1 atom stereocenters. The molecule has 3 amide bonds. The summed E-state index contributed by atoms with van der Waals surface area (Å²) in [5, 5.41) is 6.34. The van der Waals surface area contributed by atoms with Crippen LogP contribution in [0, 0.1) is 0 Å². The van der Waals surface area contributed by atoms with E-state index < -0.39 is 5.91 Å². The second-order valence-electron chi connectivity index (χ2n) is 7.75. The summed E-state index contributed by atoms with van der Waals surface area (Å²) in [7, 11) is 1.60. The van der Waals surface area contributed by atoms with Gasteiger partial charge in [0.25, 0.3) is 5.91 Å². The maximum atomic E-state index is 12.8. The van der Waals surface area contributed by atoms with E-state index in [-0.39, 0.29) is 17.9 Å². The van der Waals surface area contributed by atoms with E-state index in [1.807, 2.05) is 6.92 Å². The zero-order valence-electron chi connectivity index (χ0n) is 17.7. The number of piperazine rings is 1. The van der Waals surface area contributed by atoms with Gasteiger partial charge in [-0.25, -0.2) is 0 Å². The molecule has 3 rings (SSSR count). The highest BCUT2D eigenvalue weighted by atomic mass is 32.1. The van der Waals surface area contributed by atoms with E-state index in [1.54, 1.807) is 7.11 Å². The van der Waals surface area contributed by atoms with Crippen LogP contribution in [0.1, 0.15) is 34.1 Å². The van der Waals surface area contributed by atoms with Crippen LogP contribution in [-0.2, 0) is 27.2 Å². The van der Waals surface area contributed by atoms with Crippen molar-refractivity contribution in [2.45, 2.75) is 32.2 Å². The number of amides is 3. The zero-order chi connectivity index (χ0) is 21.7. The molecule has 0 aromatic carbocycles. The van der Waals surface area contributed by atoms with Crippen LogP contribution in [0.2, 0.25) is 0 Å². The monoisotopic (exact) mass is 437 g/mol. The van der Waals surface area contributed by atoms with E-state index in [9.17, 15) is 14.4 Å². The summed E-state index contributed by atoms with van der Waals surface area (Å²) in [5.74, 6) is -0.631. The number of fused-ring (bicyclic) bond motifs is 1. The van der Waals surface area contributed by atoms with Gasteiger partial charge in [-0.1, -0.05) is 0 Å². The van der Waals surface area contributed by atoms with Crippen LogP contribution in [0.15, 0.2) is 0 Å². The van der Waals surface area contributed by atoms with Crippen LogP contribution in [0.25, 0.3) is 0 Å². The number of methoxy groups -OCH3 is 1. The van der Waals surface area contributed by atoms with Crippen LogP contribution in [-0.4, -0.2) is 86.5 Å². The number of nitrogens with zero attached hydrogens (tertiary/aromatic N) is 2. The second-order valence-corrected chi connectivity index (χ2v) is 8.85. The van der Waals surface area contributed by atoms with Gasteiger partial charge in [0.2, 0.25) is 11.8 Å². The van der Waals surface area contributed by atoms with Crippen molar-refractivity contribution in [2.24, 2.45) is 5.73 Å². The molecule has 0 saturated carbocycles. The van der Waals surface area contributed by atoms with Crippen molar-refractivity contribution in [1.82, 2.24) is 15.1 Å². The lowest BCUT2D eigenvalue weighted by Gasteiger charge is -2.37. The summed E-state index contributed by atoms with van der Waals surface area (Å²) in [6.45, 7) is 6.05. The Morgan fingerprint density at radius 2 is 1.93 bits per heavy atom. The Labute approximate surface area is 180 Å². The Balaban J connectivity index is 1.50. The standard InChI is InChI=1S/C20H31N5O4S/c1-13(25-9-7-24(8-10-25)12-16(26)22-6-11-29-2)19(28)23-20-17(18(21)27)14-4-3-5-15(14)30-20/h13H,3-12H2,1-2H3,(H2,21,27)(H,22,26)(H,23,28)/t13-/m1/s1. The van der Waals surface area contributed by atoms with Gasteiger partial charge < -0.3 is 21.1 Å². The van der Waals surface area contributed by atoms with E-state index in [0.29, 0.717) is 43.4 Å². The molecule has 30 heavy (non-hydrogen) atoms. The van der Waals surface area contributed by atoms with Gasteiger partial charge >= 0.3 is 0 Å². The van der Waals surface area contributed by atoms with Crippen LogP contribution in [0.3, 0.4) is 0 Å². The minimum atomic E-state index is -0.477. The number of aryl methyl sites for hydroxylation is 1. The molecule has 166 valence electrons. The fraction of sp³-hybridized carbons (Fsp3) is 0.650. The van der Waals surface area contributed by atoms with Gasteiger partial charge in [-0.15, -0.1) is 11.3 Å². The molecule has 0 bridgehead atoms. The first-order valence-electron chi connectivity index (χ1n) is 10.4. The average molecular weight is 438 g/mol. The van der Waals surface area contributed by atoms with Gasteiger partial charge in [0.1, 0.15) is 5.00 Å². The molecule has 1 saturated heterocycles. The molecular formula is C20H31N5O4S. The SMILES string of the molecule is COCCNC(=O)CN1CCN([C@H](C)C(=O)Nc2sc3c(c2C(N)=O)CCC3)CC1. The first-order chi connectivity index (χ1) is 14.4. The number of hydrogen-bond donors (Lipinski definition) is 3. The Kier molecular flexibility index (Phi) is 7.81. The maximum Gasteiger partial charge on any atom is 0.251 e. The molecule has 1 aliphatic carbocycles. The predicted molar refractivity (Wildman–Crippen MR) is 116 cm³/mol. The molecule has 1 aromatic heterocycles. The number of carbonyl (C=O) groups is 3. The smallest absolute Gasteiger partial charge is 0.251 e. The fourth-order valence-corrected chi connectivity index (χ4v) is 5.29. The molecule has 1 fully saturated rings. The summed E-state index contributed by atoms with van der Waals surface area (Å²) in [4.78, 5) is 42.0. The van der Waals surface area contributed by atoms with Crippen molar-refractivity contribution >= 4 is 34.1 Å². The number of nitrogens with one attached hydrogen (secondary N) is 2. The van der Waals surface area contributed by atoms with Crippen LogP contribution in [0.5, 0.6) is 0 Å². The Bertz CT molecular complexity index is 788. The van der Waals surface area contributed by atoms with Crippen molar-refractivity contribution < 1.29 is 19.1 Å². The van der Waals surface area contributed by atoms with Crippen LogP contribution >= 0.6 is 11.3 Å². The summed E-state index contributed by atoms with van der Waals surface area (Å²) < 4.78 is 4.93. The van der Waals surface area contributed by atoms with Crippen LogP contribution < -0.4 is 16.4 Å². The van der Waals surface area contributed by atoms with Gasteiger partial charge in [0.15, 0.2) is 0 Å². The number of carbonyl (C=O) groups excluding carboxylic acids is 3. The summed E-state index contributed by atoms with van der Waals surface area (Å²) >= 11 is 1.47. The Hall–Kier alpha value is -2.01. The minimum absolute atomic E-state index is 0.0176. The third kappa shape index (κ3) is 5.37. The first-order valence-corrected chi connectivity index (χ1v) is 11.2. The van der Waals surface area contributed by atoms with Gasteiger partial charge in [-0.3, -0.25) is 24.2 Å². The van der Waals surface area contributed by atoms with Crippen molar-refractivity contribution in [1.29, 1.82) is 0 Å². The van der Waals surface area contributed by atoms with E-state index >= 15 is 0 Å². The molecular weight excluding hydrogens is 406 g/mol. The number of rotatable bonds is 9. The van der Waals surface area contributed by atoms with Crippen molar-refractivity contribution in [3.63, 3.8) is 0 Å². The third-order valence-electron chi connectivity index (χ3n) is 5.73. The fourth-order valence-electron chi connectivity index (χ4n) is 4.00. The lowest BCUT2D eigenvalue weighted by Crippen LogP contribution is -2.54. The number of hydrogen-bond acceptors (Lipinski definition) is 7. The second kappa shape index (κ2) is 10.3. The number of ether oxygens (including phenoxy) is 1. The number of nitrogens with two attached hydrogens (primary N) is 1. The summed E-state index contributed by atoms with van der Waals surface area (Å²) in [6.07, 6.45) is 2.81. The molecule has 9 nitrogen and oxygen atoms in total. The average Bonchev–Trinajstić information content (AvgIpc) is 3.28. The van der Waals surface area contributed by atoms with Crippen LogP contribution in [0.4, 0.5) is 5.00 Å². The quantitative estimate of drug-likeness (QED) is 0.470. The number of thiophene rings is 1. The maximum absolute atomic E-state index is 12.8. The molecule has 2 aliphatic rings. The highest BCUT2D eigenvalue weighted by Gasteiger charge is 2.30. The van der Waals surface area contributed by atoms with Crippen molar-refractivity contribution in [2.75, 3.05) is 58.3 Å². The Morgan fingerprint density at radius 3 is 2.60 bits per heavy atom. The largest absolute Gasteiger partial charge is 0.383 e. The lowest BCUT2D eigenvalue weighted by atomic mass is 10.1. The van der Waals surface area contributed by atoms with Gasteiger partial charge in [-0.05, 0) is 31.7 Å². The molecule has 1 aliphatic heterocycles. The topological polar surface area (TPSA) is 117 Å². The van der Waals surface area contributed by atoms with Crippen molar-refractivity contribution in [3.05, 3.63) is 16.0 Å². The van der Waals surface area contributed by atoms with Gasteiger partial charge in [0, 0.05) is 44.7 Å². The normalized spacial score (nSPS) is 18.1. The zero-order valence-corrected chi connectivity index (χ0v) is 18.5.